The summed E-state index contributed by atoms with van der Waals surface area (Å²) in [5.41, 5.74) is 7.00. The van der Waals surface area contributed by atoms with Crippen molar-refractivity contribution in [1.82, 2.24) is 20.2 Å². The molecule has 0 aliphatic heterocycles. The van der Waals surface area contributed by atoms with E-state index in [-0.39, 0.29) is 5.91 Å². The molecule has 1 heterocycles. The van der Waals surface area contributed by atoms with Gasteiger partial charge in [0.05, 0.1) is 0 Å². The van der Waals surface area contributed by atoms with Crippen LogP contribution in [-0.2, 0) is 11.8 Å². The first-order valence-corrected chi connectivity index (χ1v) is 8.57. The van der Waals surface area contributed by atoms with Crippen molar-refractivity contribution in [3.8, 4) is 0 Å². The molecule has 3 rings (SSSR count). The van der Waals surface area contributed by atoms with Crippen LogP contribution >= 0.6 is 11.8 Å². The fraction of sp³-hybridized carbons (Fsp3) is 0.118. The zero-order valence-electron chi connectivity index (χ0n) is 13.9. The van der Waals surface area contributed by atoms with E-state index >= 15 is 0 Å². The number of nitrogens with zero attached hydrogens (tertiary/aromatic N) is 4. The molecule has 0 bridgehead atoms. The Hall–Kier alpha value is -3.20. The molecule has 0 radical (unpaired) electrons. The number of aromatic nitrogens is 4. The van der Waals surface area contributed by atoms with Crippen molar-refractivity contribution in [2.45, 2.75) is 10.4 Å². The lowest BCUT2D eigenvalue weighted by Crippen LogP contribution is -2.19. The lowest BCUT2D eigenvalue weighted by molar-refractivity contribution is -0.115. The van der Waals surface area contributed by atoms with E-state index in [4.69, 9.17) is 5.73 Å². The lowest BCUT2D eigenvalue weighted by Gasteiger charge is -2.16. The highest BCUT2D eigenvalue weighted by atomic mass is 32.2. The second-order valence-electron chi connectivity index (χ2n) is 5.42. The van der Waals surface area contributed by atoms with Crippen molar-refractivity contribution < 1.29 is 9.59 Å². The minimum atomic E-state index is -0.545. The second-order valence-corrected chi connectivity index (χ2v) is 6.50. The Morgan fingerprint density at radius 3 is 2.38 bits per heavy atom. The van der Waals surface area contributed by atoms with E-state index in [9.17, 15) is 9.59 Å². The van der Waals surface area contributed by atoms with Gasteiger partial charge in [-0.05, 0) is 40.3 Å². The SMILES string of the molecule is Cn1nnnc1SC(C(=O)Nc1ccc(C(N)=O)cc1)c1ccccc1. The minimum absolute atomic E-state index is 0.226. The number of carbonyl (C=O) groups is 2. The van der Waals surface area contributed by atoms with Crippen LogP contribution < -0.4 is 11.1 Å². The van der Waals surface area contributed by atoms with Crippen LogP contribution in [0.2, 0.25) is 0 Å². The van der Waals surface area contributed by atoms with E-state index < -0.39 is 11.2 Å². The number of tetrazole rings is 1. The Morgan fingerprint density at radius 2 is 1.81 bits per heavy atom. The molecule has 1 unspecified atom stereocenters. The smallest absolute Gasteiger partial charge is 0.248 e. The zero-order valence-corrected chi connectivity index (χ0v) is 14.7. The topological polar surface area (TPSA) is 116 Å². The fourth-order valence-corrected chi connectivity index (χ4v) is 3.20. The minimum Gasteiger partial charge on any atom is -0.366 e. The van der Waals surface area contributed by atoms with Crippen molar-refractivity contribution in [2.24, 2.45) is 12.8 Å². The van der Waals surface area contributed by atoms with Crippen LogP contribution in [0.25, 0.3) is 0 Å². The van der Waals surface area contributed by atoms with Gasteiger partial charge in [0.1, 0.15) is 5.25 Å². The number of thioether (sulfide) groups is 1. The number of rotatable bonds is 6. The van der Waals surface area contributed by atoms with Gasteiger partial charge in [-0.2, -0.15) is 0 Å². The third-order valence-corrected chi connectivity index (χ3v) is 4.86. The van der Waals surface area contributed by atoms with Crippen LogP contribution in [0.15, 0.2) is 59.8 Å². The summed E-state index contributed by atoms with van der Waals surface area (Å²) in [5, 5.41) is 14.2. The van der Waals surface area contributed by atoms with Crippen molar-refractivity contribution in [3.05, 3.63) is 65.7 Å². The maximum absolute atomic E-state index is 12.9. The highest BCUT2D eigenvalue weighted by Crippen LogP contribution is 2.34. The van der Waals surface area contributed by atoms with Gasteiger partial charge in [-0.1, -0.05) is 42.1 Å². The molecule has 0 aliphatic rings. The first-order valence-electron chi connectivity index (χ1n) is 7.69. The van der Waals surface area contributed by atoms with E-state index in [0.29, 0.717) is 16.4 Å². The average Bonchev–Trinajstić information content (AvgIpc) is 3.05. The molecule has 1 aromatic heterocycles. The highest BCUT2D eigenvalue weighted by molar-refractivity contribution is 8.00. The Kier molecular flexibility index (Phi) is 5.28. The van der Waals surface area contributed by atoms with Crippen molar-refractivity contribution in [2.75, 3.05) is 5.32 Å². The molecular weight excluding hydrogens is 352 g/mol. The van der Waals surface area contributed by atoms with Gasteiger partial charge in [-0.15, -0.1) is 5.10 Å². The first kappa shape index (κ1) is 17.6. The molecular formula is C17H16N6O2S. The molecule has 0 fully saturated rings. The molecule has 2 amide bonds. The standard InChI is InChI=1S/C17H16N6O2S/c1-23-17(20-21-22-23)26-14(11-5-3-2-4-6-11)16(25)19-13-9-7-12(8-10-13)15(18)24/h2-10,14H,1H3,(H2,18,24)(H,19,25). The van der Waals surface area contributed by atoms with E-state index in [0.717, 1.165) is 5.56 Å². The molecule has 1 atom stereocenters. The van der Waals surface area contributed by atoms with Gasteiger partial charge >= 0.3 is 0 Å². The Morgan fingerprint density at radius 1 is 1.12 bits per heavy atom. The summed E-state index contributed by atoms with van der Waals surface area (Å²) in [4.78, 5) is 24.0. The van der Waals surface area contributed by atoms with Crippen LogP contribution in [0.1, 0.15) is 21.2 Å². The second kappa shape index (κ2) is 7.79. The van der Waals surface area contributed by atoms with E-state index in [1.54, 1.807) is 31.3 Å². The third-order valence-electron chi connectivity index (χ3n) is 3.58. The molecule has 132 valence electrons. The molecule has 0 aliphatic carbocycles. The lowest BCUT2D eigenvalue weighted by atomic mass is 10.1. The number of aryl methyl sites for hydroxylation is 1. The molecule has 26 heavy (non-hydrogen) atoms. The van der Waals surface area contributed by atoms with Gasteiger partial charge in [0.25, 0.3) is 0 Å². The van der Waals surface area contributed by atoms with Crippen molar-refractivity contribution in [3.63, 3.8) is 0 Å². The summed E-state index contributed by atoms with van der Waals surface area (Å²) in [6.07, 6.45) is 0. The third kappa shape index (κ3) is 4.06. The van der Waals surface area contributed by atoms with Crippen molar-refractivity contribution in [1.29, 1.82) is 0 Å². The summed E-state index contributed by atoms with van der Waals surface area (Å²) < 4.78 is 1.51. The number of hydrogen-bond donors (Lipinski definition) is 2. The Labute approximate surface area is 153 Å². The highest BCUT2D eigenvalue weighted by Gasteiger charge is 2.24. The van der Waals surface area contributed by atoms with Gasteiger partial charge < -0.3 is 11.1 Å². The maximum atomic E-state index is 12.9. The Balaban J connectivity index is 1.82. The molecule has 0 spiro atoms. The average molecular weight is 368 g/mol. The van der Waals surface area contributed by atoms with Crippen LogP contribution in [0.3, 0.4) is 0 Å². The summed E-state index contributed by atoms with van der Waals surface area (Å²) in [5.74, 6) is -0.744. The summed E-state index contributed by atoms with van der Waals surface area (Å²) >= 11 is 1.25. The number of carbonyl (C=O) groups excluding carboxylic acids is 2. The summed E-state index contributed by atoms with van der Waals surface area (Å²) in [7, 11) is 1.71. The molecule has 8 nitrogen and oxygen atoms in total. The quantitative estimate of drug-likeness (QED) is 0.641. The van der Waals surface area contributed by atoms with Crippen LogP contribution in [-0.4, -0.2) is 32.0 Å². The fourth-order valence-electron chi connectivity index (χ4n) is 2.25. The number of nitrogens with two attached hydrogens (primary N) is 1. The normalized spacial score (nSPS) is 11.7. The molecule has 0 saturated heterocycles. The van der Waals surface area contributed by atoms with Crippen molar-refractivity contribution >= 4 is 29.3 Å². The van der Waals surface area contributed by atoms with Gasteiger partial charge in [-0.25, -0.2) is 4.68 Å². The zero-order chi connectivity index (χ0) is 18.5. The summed E-state index contributed by atoms with van der Waals surface area (Å²) in [6, 6.07) is 15.8. The number of anilines is 1. The van der Waals surface area contributed by atoms with Gasteiger partial charge in [-0.3, -0.25) is 9.59 Å². The number of primary amides is 1. The van der Waals surface area contributed by atoms with Crippen LogP contribution in [0, 0.1) is 0 Å². The van der Waals surface area contributed by atoms with E-state index in [2.05, 4.69) is 20.8 Å². The molecule has 9 heteroatoms. The number of hydrogen-bond acceptors (Lipinski definition) is 6. The van der Waals surface area contributed by atoms with Crippen LogP contribution in [0.5, 0.6) is 0 Å². The summed E-state index contributed by atoms with van der Waals surface area (Å²) in [6.45, 7) is 0. The van der Waals surface area contributed by atoms with Gasteiger partial charge in [0.15, 0.2) is 0 Å². The molecule has 2 aromatic carbocycles. The van der Waals surface area contributed by atoms with Gasteiger partial charge in [0.2, 0.25) is 17.0 Å². The van der Waals surface area contributed by atoms with Crippen LogP contribution in [0.4, 0.5) is 5.69 Å². The number of nitrogens with one attached hydrogen (secondary N) is 1. The monoisotopic (exact) mass is 368 g/mol. The number of benzene rings is 2. The predicted octanol–water partition coefficient (Wildman–Crippen LogP) is 1.78. The largest absolute Gasteiger partial charge is 0.366 e. The Bertz CT molecular complexity index is 911. The predicted molar refractivity (Wildman–Crippen MR) is 97.4 cm³/mol. The van der Waals surface area contributed by atoms with E-state index in [1.807, 2.05) is 30.3 Å². The maximum Gasteiger partial charge on any atom is 0.248 e. The molecule has 3 N–H and O–H groups in total. The van der Waals surface area contributed by atoms with E-state index in [1.165, 1.54) is 16.4 Å². The van der Waals surface area contributed by atoms with Gasteiger partial charge in [0, 0.05) is 18.3 Å². The first-order chi connectivity index (χ1) is 12.5. The number of amides is 2. The molecule has 3 aromatic rings. The molecule has 0 saturated carbocycles.